The lowest BCUT2D eigenvalue weighted by Gasteiger charge is -2.29. The molecule has 0 saturated carbocycles. The zero-order valence-electron chi connectivity index (χ0n) is 26.3. The minimum atomic E-state index is -1.19. The number of hydrogen-bond acceptors (Lipinski definition) is 5. The Kier molecular flexibility index (Phi) is 9.83. The van der Waals surface area contributed by atoms with Gasteiger partial charge in [-0.1, -0.05) is 71.7 Å². The Bertz CT molecular complexity index is 2010. The first-order valence-corrected chi connectivity index (χ1v) is 16.9. The second-order valence-corrected chi connectivity index (χ2v) is 14.0. The van der Waals surface area contributed by atoms with Crippen molar-refractivity contribution in [1.29, 1.82) is 0 Å². The van der Waals surface area contributed by atoms with Crippen LogP contribution in [0.3, 0.4) is 0 Å². The maximum Gasteiger partial charge on any atom is 0.264 e. The van der Waals surface area contributed by atoms with Crippen molar-refractivity contribution >= 4 is 51.3 Å². The van der Waals surface area contributed by atoms with Gasteiger partial charge in [0.1, 0.15) is 23.6 Å². The fraction of sp³-hybridized carbons (Fsp3) is 0.179. The summed E-state index contributed by atoms with van der Waals surface area (Å²) in [6.45, 7) is 5.96. The Balaban J connectivity index is 1.39. The molecule has 0 aliphatic carbocycles. The lowest BCUT2D eigenvalue weighted by atomic mass is 9.94. The monoisotopic (exact) mass is 680 g/mol. The Labute approximate surface area is 289 Å². The number of ether oxygens (including phenoxy) is 2. The van der Waals surface area contributed by atoms with Gasteiger partial charge in [-0.2, -0.15) is 0 Å². The van der Waals surface area contributed by atoms with Gasteiger partial charge in [0.05, 0.1) is 11.1 Å². The number of carbonyl (C=O) groups is 1. The lowest BCUT2D eigenvalue weighted by molar-refractivity contribution is -0.135. The smallest absolute Gasteiger partial charge is 0.264 e. The third kappa shape index (κ3) is 7.79. The molecule has 238 valence electrons. The number of hydrogen-bond donors (Lipinski definition) is 1. The van der Waals surface area contributed by atoms with Crippen LogP contribution in [0.4, 0.5) is 0 Å². The van der Waals surface area contributed by atoms with Gasteiger partial charge in [0, 0.05) is 38.3 Å². The van der Waals surface area contributed by atoms with Crippen LogP contribution in [0.2, 0.25) is 10.0 Å². The van der Waals surface area contributed by atoms with Gasteiger partial charge in [-0.05, 0) is 98.1 Å². The van der Waals surface area contributed by atoms with E-state index in [1.54, 1.807) is 55.6 Å². The van der Waals surface area contributed by atoms with Crippen molar-refractivity contribution in [1.82, 2.24) is 10.3 Å². The summed E-state index contributed by atoms with van der Waals surface area (Å²) in [5.74, 6) is 0.909. The van der Waals surface area contributed by atoms with E-state index in [9.17, 15) is 4.79 Å². The van der Waals surface area contributed by atoms with Crippen LogP contribution in [-0.4, -0.2) is 16.5 Å². The third-order valence-electron chi connectivity index (χ3n) is 7.88. The molecule has 0 aliphatic rings. The highest BCUT2D eigenvalue weighted by atomic mass is 35.5. The van der Waals surface area contributed by atoms with Crippen LogP contribution in [0.1, 0.15) is 41.5 Å². The summed E-state index contributed by atoms with van der Waals surface area (Å²) in [4.78, 5) is 21.1. The van der Waals surface area contributed by atoms with E-state index in [0.717, 1.165) is 32.5 Å². The van der Waals surface area contributed by atoms with Crippen molar-refractivity contribution in [3.63, 3.8) is 0 Å². The maximum absolute atomic E-state index is 14.0. The number of fused-ring (bicyclic) bond motifs is 1. The van der Waals surface area contributed by atoms with Gasteiger partial charge in [-0.15, -0.1) is 11.3 Å². The van der Waals surface area contributed by atoms with Gasteiger partial charge in [0.15, 0.2) is 5.60 Å². The van der Waals surface area contributed by atoms with Gasteiger partial charge in [0.2, 0.25) is 0 Å². The van der Waals surface area contributed by atoms with Crippen molar-refractivity contribution in [2.24, 2.45) is 0 Å². The largest absolute Gasteiger partial charge is 0.486 e. The molecule has 8 heteroatoms. The highest BCUT2D eigenvalue weighted by Gasteiger charge is 2.33. The minimum absolute atomic E-state index is 0.272. The molecule has 0 saturated heterocycles. The van der Waals surface area contributed by atoms with Gasteiger partial charge < -0.3 is 14.8 Å². The Morgan fingerprint density at radius 1 is 0.915 bits per heavy atom. The second kappa shape index (κ2) is 14.2. The third-order valence-corrected chi connectivity index (χ3v) is 9.49. The zero-order chi connectivity index (χ0) is 33.0. The number of amides is 1. The molecule has 5 nitrogen and oxygen atoms in total. The number of carbonyl (C=O) groups excluding carboxylic acids is 1. The number of pyridine rings is 1. The van der Waals surface area contributed by atoms with Gasteiger partial charge in [-0.3, -0.25) is 9.78 Å². The Morgan fingerprint density at radius 3 is 2.45 bits per heavy atom. The molecule has 1 amide bonds. The van der Waals surface area contributed by atoms with Gasteiger partial charge in [-0.25, -0.2) is 0 Å². The van der Waals surface area contributed by atoms with Crippen LogP contribution in [0.25, 0.3) is 21.3 Å². The fourth-order valence-corrected chi connectivity index (χ4v) is 6.69. The maximum atomic E-state index is 14.0. The molecule has 0 aliphatic heterocycles. The Morgan fingerprint density at radius 2 is 1.70 bits per heavy atom. The predicted molar refractivity (Wildman–Crippen MR) is 193 cm³/mol. The molecule has 0 spiro atoms. The number of benzene rings is 4. The standard InChI is InChI=1S/C39H34Cl2N2O3S/c1-25-14-19-35(47-25)28-12-7-11-27(21-28)34(43-38(44)39(2,3)46-31-17-15-30(40)16-18-31)23-29-22-33(41)32-13-8-20-42-36(32)37(29)45-24-26-9-5-4-6-10-26/h4-22,34H,23-24H2,1-3H3,(H,43,44). The number of nitrogens with one attached hydrogen (secondary N) is 1. The van der Waals surface area contributed by atoms with Crippen LogP contribution in [0.15, 0.2) is 115 Å². The molecule has 47 heavy (non-hydrogen) atoms. The molecule has 0 radical (unpaired) electrons. The minimum Gasteiger partial charge on any atom is -0.486 e. The number of thiophene rings is 1. The van der Waals surface area contributed by atoms with E-state index in [0.29, 0.717) is 40.1 Å². The molecule has 4 aromatic carbocycles. The number of halogens is 2. The quantitative estimate of drug-likeness (QED) is 0.148. The fourth-order valence-electron chi connectivity index (χ4n) is 5.42. The van der Waals surface area contributed by atoms with E-state index >= 15 is 0 Å². The predicted octanol–water partition coefficient (Wildman–Crippen LogP) is 10.4. The topological polar surface area (TPSA) is 60.5 Å². The first-order valence-electron chi connectivity index (χ1n) is 15.3. The van der Waals surface area contributed by atoms with E-state index < -0.39 is 11.6 Å². The summed E-state index contributed by atoms with van der Waals surface area (Å²) in [5, 5.41) is 5.26. The summed E-state index contributed by atoms with van der Waals surface area (Å²) >= 11 is 14.7. The average molecular weight is 682 g/mol. The number of rotatable bonds is 11. The van der Waals surface area contributed by atoms with Crippen molar-refractivity contribution in [3.8, 4) is 21.9 Å². The second-order valence-electron chi connectivity index (χ2n) is 11.9. The molecule has 1 N–H and O–H groups in total. The zero-order valence-corrected chi connectivity index (χ0v) is 28.6. The van der Waals surface area contributed by atoms with Crippen LogP contribution in [-0.2, 0) is 17.8 Å². The molecule has 1 unspecified atom stereocenters. The first kappa shape index (κ1) is 32.6. The van der Waals surface area contributed by atoms with Crippen molar-refractivity contribution in [3.05, 3.63) is 147 Å². The van der Waals surface area contributed by atoms with E-state index in [4.69, 9.17) is 32.7 Å². The summed E-state index contributed by atoms with van der Waals surface area (Å²) in [5.41, 5.74) is 3.36. The van der Waals surface area contributed by atoms with Crippen LogP contribution in [0.5, 0.6) is 11.5 Å². The summed E-state index contributed by atoms with van der Waals surface area (Å²) in [6, 6.07) is 34.8. The van der Waals surface area contributed by atoms with Crippen molar-refractivity contribution < 1.29 is 14.3 Å². The van der Waals surface area contributed by atoms with Crippen LogP contribution < -0.4 is 14.8 Å². The molecular weight excluding hydrogens is 647 g/mol. The van der Waals surface area contributed by atoms with Crippen molar-refractivity contribution in [2.45, 2.75) is 45.4 Å². The molecule has 0 fully saturated rings. The van der Waals surface area contributed by atoms with Crippen molar-refractivity contribution in [2.75, 3.05) is 0 Å². The lowest BCUT2D eigenvalue weighted by Crippen LogP contribution is -2.48. The van der Waals surface area contributed by atoms with Gasteiger partial charge in [0.25, 0.3) is 5.91 Å². The van der Waals surface area contributed by atoms with Crippen LogP contribution in [0, 0.1) is 6.92 Å². The highest BCUT2D eigenvalue weighted by Crippen LogP contribution is 2.38. The average Bonchev–Trinajstić information content (AvgIpc) is 3.52. The van der Waals surface area contributed by atoms with E-state index in [1.165, 1.54) is 4.88 Å². The summed E-state index contributed by atoms with van der Waals surface area (Å²) in [6.07, 6.45) is 2.13. The number of aryl methyl sites for hydroxylation is 1. The van der Waals surface area contributed by atoms with E-state index in [-0.39, 0.29) is 5.91 Å². The number of nitrogens with zero attached hydrogens (tertiary/aromatic N) is 1. The highest BCUT2D eigenvalue weighted by molar-refractivity contribution is 7.15. The number of aromatic nitrogens is 1. The SMILES string of the molecule is Cc1ccc(-c2cccc(C(Cc3cc(Cl)c4cccnc4c3OCc3ccccc3)NC(=O)C(C)(C)Oc3ccc(Cl)cc3)c2)s1. The van der Waals surface area contributed by atoms with E-state index in [1.807, 2.05) is 60.7 Å². The molecule has 1 atom stereocenters. The molecule has 6 aromatic rings. The first-order chi connectivity index (χ1) is 22.7. The summed E-state index contributed by atoms with van der Waals surface area (Å²) in [7, 11) is 0. The van der Waals surface area contributed by atoms with Crippen LogP contribution >= 0.6 is 34.5 Å². The molecule has 2 heterocycles. The molecule has 2 aromatic heterocycles. The van der Waals surface area contributed by atoms with E-state index in [2.05, 4.69) is 41.5 Å². The van der Waals surface area contributed by atoms with Gasteiger partial charge >= 0.3 is 0 Å². The molecule has 6 rings (SSSR count). The summed E-state index contributed by atoms with van der Waals surface area (Å²) < 4.78 is 12.7. The molecular formula is C39H34Cl2N2O3S. The normalized spacial score (nSPS) is 12.1. The molecule has 0 bridgehead atoms. The Hall–Kier alpha value is -4.36.